The highest BCUT2D eigenvalue weighted by atomic mass is 16.7. The summed E-state index contributed by atoms with van der Waals surface area (Å²) in [5, 5.41) is 0. The summed E-state index contributed by atoms with van der Waals surface area (Å²) >= 11 is 0. The van der Waals surface area contributed by atoms with E-state index in [1.807, 2.05) is 0 Å². The molecule has 0 aromatic heterocycles. The predicted octanol–water partition coefficient (Wildman–Crippen LogP) is 2.99. The molecule has 0 aromatic carbocycles. The van der Waals surface area contributed by atoms with Crippen LogP contribution in [0.3, 0.4) is 0 Å². The van der Waals surface area contributed by atoms with Crippen molar-refractivity contribution in [3.8, 4) is 0 Å². The highest BCUT2D eigenvalue weighted by molar-refractivity contribution is 5.75. The number of likely N-dealkylation sites (tertiary alicyclic amines) is 1. The predicted molar refractivity (Wildman–Crippen MR) is 138 cm³/mol. The Morgan fingerprint density at radius 2 is 1.82 bits per heavy atom. The third-order valence-electron chi connectivity index (χ3n) is 8.05. The fraction of sp³-hybridized carbons (Fsp3) is 0.821. The molecule has 0 radical (unpaired) electrons. The molecule has 3 saturated heterocycles. The number of hydrogen-bond donors (Lipinski definition) is 0. The summed E-state index contributed by atoms with van der Waals surface area (Å²) in [6.07, 6.45) is 3.01. The molecule has 1 unspecified atom stereocenters. The molecule has 4 aliphatic rings. The topological polar surface area (TPSA) is 126 Å². The van der Waals surface area contributed by atoms with Crippen molar-refractivity contribution in [1.82, 2.24) is 4.90 Å². The summed E-state index contributed by atoms with van der Waals surface area (Å²) in [6.45, 7) is 11.9. The SMILES string of the molecule is CO[C@@H]1[C@H](OC(=O)N2CC(OCC(=O)OCOC(=O)C(C)(C)C)C2)CC[C@]2(CO2)[C@H]1[C@@]1(C)OC1CC=C(C)C. The number of carbonyl (C=O) groups is 3. The molecule has 0 N–H and O–H groups in total. The van der Waals surface area contributed by atoms with Crippen LogP contribution in [0.15, 0.2) is 11.6 Å². The van der Waals surface area contributed by atoms with Crippen LogP contribution in [0.4, 0.5) is 4.79 Å². The molecule has 1 aliphatic carbocycles. The highest BCUT2D eigenvalue weighted by Gasteiger charge is 2.72. The molecule has 11 nitrogen and oxygen atoms in total. The minimum Gasteiger partial charge on any atom is -0.443 e. The Kier molecular flexibility index (Phi) is 8.66. The minimum absolute atomic E-state index is 0.0433. The molecule has 3 heterocycles. The summed E-state index contributed by atoms with van der Waals surface area (Å²) in [7, 11) is 1.65. The summed E-state index contributed by atoms with van der Waals surface area (Å²) < 4.78 is 39.3. The lowest BCUT2D eigenvalue weighted by Crippen LogP contribution is -2.59. The Labute approximate surface area is 230 Å². The molecule has 220 valence electrons. The van der Waals surface area contributed by atoms with Gasteiger partial charge in [-0.25, -0.2) is 9.59 Å². The van der Waals surface area contributed by atoms with E-state index in [1.165, 1.54) is 10.5 Å². The molecular weight excluding hydrogens is 510 g/mol. The fourth-order valence-electron chi connectivity index (χ4n) is 5.56. The lowest BCUT2D eigenvalue weighted by Gasteiger charge is -2.44. The average Bonchev–Trinajstić information content (AvgIpc) is 3.74. The zero-order valence-corrected chi connectivity index (χ0v) is 24.2. The van der Waals surface area contributed by atoms with Crippen LogP contribution in [0.1, 0.15) is 60.8 Å². The van der Waals surface area contributed by atoms with E-state index in [9.17, 15) is 14.4 Å². The Bertz CT molecular complexity index is 960. The van der Waals surface area contributed by atoms with Gasteiger partial charge in [-0.15, -0.1) is 0 Å². The van der Waals surface area contributed by atoms with Gasteiger partial charge in [0, 0.05) is 7.11 Å². The molecule has 3 aliphatic heterocycles. The lowest BCUT2D eigenvalue weighted by atomic mass is 9.68. The van der Waals surface area contributed by atoms with Gasteiger partial charge in [-0.05, 0) is 60.8 Å². The van der Waals surface area contributed by atoms with Crippen molar-refractivity contribution in [2.24, 2.45) is 11.3 Å². The second-order valence-corrected chi connectivity index (χ2v) is 12.5. The summed E-state index contributed by atoms with van der Waals surface area (Å²) in [5.74, 6) is -1.16. The molecule has 1 spiro atoms. The van der Waals surface area contributed by atoms with Crippen LogP contribution in [-0.4, -0.2) is 98.8 Å². The van der Waals surface area contributed by atoms with E-state index in [0.29, 0.717) is 26.1 Å². The van der Waals surface area contributed by atoms with E-state index in [2.05, 4.69) is 26.8 Å². The molecule has 0 bridgehead atoms. The molecule has 4 rings (SSSR count). The highest BCUT2D eigenvalue weighted by Crippen LogP contribution is 2.59. The van der Waals surface area contributed by atoms with Crippen molar-refractivity contribution >= 4 is 18.0 Å². The van der Waals surface area contributed by atoms with Crippen LogP contribution in [0.2, 0.25) is 0 Å². The van der Waals surface area contributed by atoms with E-state index in [4.69, 9.17) is 33.2 Å². The van der Waals surface area contributed by atoms with Crippen molar-refractivity contribution in [2.45, 2.75) is 96.4 Å². The van der Waals surface area contributed by atoms with Crippen molar-refractivity contribution < 1.29 is 47.5 Å². The van der Waals surface area contributed by atoms with E-state index in [-0.39, 0.29) is 36.4 Å². The normalized spacial score (nSPS) is 33.7. The van der Waals surface area contributed by atoms with Gasteiger partial charge < -0.3 is 38.1 Å². The van der Waals surface area contributed by atoms with Gasteiger partial charge in [0.1, 0.15) is 30.0 Å². The van der Waals surface area contributed by atoms with Crippen LogP contribution >= 0.6 is 0 Å². The number of rotatable bonds is 10. The van der Waals surface area contributed by atoms with Crippen molar-refractivity contribution in [3.63, 3.8) is 0 Å². The Morgan fingerprint density at radius 3 is 2.41 bits per heavy atom. The third-order valence-corrected chi connectivity index (χ3v) is 8.05. The van der Waals surface area contributed by atoms with Gasteiger partial charge in [-0.1, -0.05) is 11.6 Å². The second kappa shape index (κ2) is 11.3. The first-order valence-corrected chi connectivity index (χ1v) is 13.7. The quantitative estimate of drug-likeness (QED) is 0.172. The number of allylic oxidation sites excluding steroid dienone is 1. The number of epoxide rings is 2. The van der Waals surface area contributed by atoms with Crippen LogP contribution < -0.4 is 0 Å². The molecule has 1 amide bonds. The average molecular weight is 554 g/mol. The van der Waals surface area contributed by atoms with Crippen LogP contribution in [0, 0.1) is 11.3 Å². The van der Waals surface area contributed by atoms with Gasteiger partial charge in [0.2, 0.25) is 6.79 Å². The van der Waals surface area contributed by atoms with Gasteiger partial charge in [-0.2, -0.15) is 0 Å². The Balaban J connectivity index is 1.21. The van der Waals surface area contributed by atoms with Gasteiger partial charge in [-0.3, -0.25) is 4.79 Å². The standard InChI is InChI=1S/C28H43NO10/c1-17(2)8-9-20-27(6,39-20)23-22(33-7)19(10-11-28(23)15-37-28)38-25(32)29-12-18(13-29)34-14-21(30)35-16-36-24(31)26(3,4)5/h8,18-20,22-23H,9-16H2,1-7H3/t19-,20?,22-,23-,27+,28+/m1/s1. The number of carbonyl (C=O) groups excluding carboxylic acids is 3. The van der Waals surface area contributed by atoms with Crippen LogP contribution in [0.25, 0.3) is 0 Å². The largest absolute Gasteiger partial charge is 0.443 e. The number of methoxy groups -OCH3 is 1. The smallest absolute Gasteiger partial charge is 0.410 e. The molecule has 4 fully saturated rings. The maximum atomic E-state index is 12.9. The van der Waals surface area contributed by atoms with Crippen LogP contribution in [0.5, 0.6) is 0 Å². The van der Waals surface area contributed by atoms with Gasteiger partial charge in [0.15, 0.2) is 0 Å². The molecule has 1 saturated carbocycles. The van der Waals surface area contributed by atoms with Gasteiger partial charge in [0.05, 0.1) is 43.2 Å². The van der Waals surface area contributed by atoms with Gasteiger partial charge in [0.25, 0.3) is 0 Å². The molecule has 6 atom stereocenters. The number of esters is 2. The number of ether oxygens (including phenoxy) is 7. The maximum absolute atomic E-state index is 12.9. The zero-order valence-electron chi connectivity index (χ0n) is 24.2. The Morgan fingerprint density at radius 1 is 1.13 bits per heavy atom. The second-order valence-electron chi connectivity index (χ2n) is 12.5. The van der Waals surface area contributed by atoms with Crippen molar-refractivity contribution in [1.29, 1.82) is 0 Å². The first-order chi connectivity index (χ1) is 18.3. The van der Waals surface area contributed by atoms with E-state index in [0.717, 1.165) is 12.8 Å². The van der Waals surface area contributed by atoms with Crippen molar-refractivity contribution in [3.05, 3.63) is 11.6 Å². The van der Waals surface area contributed by atoms with E-state index in [1.54, 1.807) is 27.9 Å². The number of amides is 1. The van der Waals surface area contributed by atoms with Gasteiger partial charge >= 0.3 is 18.0 Å². The molecule has 39 heavy (non-hydrogen) atoms. The maximum Gasteiger partial charge on any atom is 0.410 e. The number of nitrogens with zero attached hydrogens (tertiary/aromatic N) is 1. The minimum atomic E-state index is -0.681. The zero-order chi connectivity index (χ0) is 28.6. The first kappa shape index (κ1) is 29.8. The van der Waals surface area contributed by atoms with E-state index >= 15 is 0 Å². The lowest BCUT2D eigenvalue weighted by molar-refractivity contribution is -0.178. The monoisotopic (exact) mass is 553 g/mol. The summed E-state index contributed by atoms with van der Waals surface area (Å²) in [4.78, 5) is 38.0. The molecule has 11 heteroatoms. The van der Waals surface area contributed by atoms with Crippen molar-refractivity contribution in [2.75, 3.05) is 40.2 Å². The Hall–Kier alpha value is -2.21. The molecule has 0 aromatic rings. The third kappa shape index (κ3) is 6.75. The van der Waals surface area contributed by atoms with E-state index < -0.39 is 41.9 Å². The van der Waals surface area contributed by atoms with Crippen LogP contribution in [-0.2, 0) is 42.7 Å². The number of hydrogen-bond acceptors (Lipinski definition) is 10. The summed E-state index contributed by atoms with van der Waals surface area (Å²) in [6, 6.07) is 0. The molecular formula is C28H43NO10. The first-order valence-electron chi connectivity index (χ1n) is 13.7. The fourth-order valence-corrected chi connectivity index (χ4v) is 5.56. The summed E-state index contributed by atoms with van der Waals surface area (Å²) in [5.41, 5.74) is -0.115.